The van der Waals surface area contributed by atoms with Gasteiger partial charge in [-0.25, -0.2) is 29.9 Å². The molecule has 430 valence electrons. The minimum Gasteiger partial charge on any atom is -0.456 e. The maximum absolute atomic E-state index is 9.29. The second-order valence-corrected chi connectivity index (χ2v) is 21.3. The highest BCUT2D eigenvalue weighted by atomic mass is 16.3. The first kappa shape index (κ1) is 56.6. The van der Waals surface area contributed by atoms with E-state index >= 15 is 0 Å². The third-order valence-corrected chi connectivity index (χ3v) is 15.9. The van der Waals surface area contributed by atoms with Crippen molar-refractivity contribution in [2.45, 2.75) is 0 Å². The van der Waals surface area contributed by atoms with Gasteiger partial charge in [-0.1, -0.05) is 170 Å². The molecule has 15 aromatic rings. The molecule has 93 heavy (non-hydrogen) atoms. The summed E-state index contributed by atoms with van der Waals surface area (Å²) in [6.07, 6.45) is 0. The van der Waals surface area contributed by atoms with Crippen molar-refractivity contribution in [3.05, 3.63) is 289 Å². The highest BCUT2D eigenvalue weighted by Crippen LogP contribution is 2.44. The standard InChI is InChI=1S/C60H42N2O.C18N12/c1-5-13-43(14-6-1)47-21-29-51(30-22-47)61(52-31-23-48(24-32-52)44-15-7-2-8-16-44)55-37-39-59-57(41-55)58-42-56(38-40-60(58)63-59)62(53-33-25-49(26-34-53)45-17-9-3-10-18-45)54-35-27-50(28-36-54)46-19-11-4-12-20-46;19-1-7-8(2-20)26-14-13(25-7)15-17(29-10(4-22)9(3-21)27-15)18-16(14)28-11(5-23)12(6-24)30-18/h1-42H;. The third-order valence-electron chi connectivity index (χ3n) is 15.9. The van der Waals surface area contributed by atoms with Crippen LogP contribution in [-0.4, -0.2) is 29.9 Å². The van der Waals surface area contributed by atoms with Crippen molar-refractivity contribution < 1.29 is 4.42 Å². The van der Waals surface area contributed by atoms with Crippen LogP contribution in [-0.2, 0) is 0 Å². The molecule has 15 heteroatoms. The average molecular weight is 1190 g/mol. The van der Waals surface area contributed by atoms with E-state index in [4.69, 9.17) is 4.42 Å². The Morgan fingerprint density at radius 3 is 0.624 bits per heavy atom. The fourth-order valence-corrected chi connectivity index (χ4v) is 11.4. The van der Waals surface area contributed by atoms with Gasteiger partial charge in [-0.15, -0.1) is 0 Å². The lowest BCUT2D eigenvalue weighted by Gasteiger charge is -2.26. The third kappa shape index (κ3) is 10.8. The Morgan fingerprint density at radius 2 is 0.419 bits per heavy atom. The van der Waals surface area contributed by atoms with Crippen molar-refractivity contribution in [3.63, 3.8) is 0 Å². The molecule has 0 aliphatic rings. The molecule has 0 spiro atoms. The first-order valence-electron chi connectivity index (χ1n) is 29.2. The van der Waals surface area contributed by atoms with Gasteiger partial charge in [0.2, 0.25) is 0 Å². The van der Waals surface area contributed by atoms with Gasteiger partial charge in [0.25, 0.3) is 0 Å². The highest BCUT2D eigenvalue weighted by Gasteiger charge is 2.24. The molecule has 0 radical (unpaired) electrons. The van der Waals surface area contributed by atoms with E-state index in [1.54, 1.807) is 36.4 Å². The molecule has 0 aliphatic carbocycles. The molecule has 11 aromatic carbocycles. The van der Waals surface area contributed by atoms with Crippen LogP contribution in [0.15, 0.2) is 259 Å². The quantitative estimate of drug-likeness (QED) is 0.116. The van der Waals surface area contributed by atoms with Crippen LogP contribution in [0.1, 0.15) is 34.2 Å². The van der Waals surface area contributed by atoms with E-state index in [1.807, 2.05) is 0 Å². The van der Waals surface area contributed by atoms with E-state index in [-0.39, 0.29) is 67.3 Å². The van der Waals surface area contributed by atoms with Gasteiger partial charge in [-0.2, -0.15) is 31.6 Å². The summed E-state index contributed by atoms with van der Waals surface area (Å²) < 4.78 is 6.57. The molecule has 0 fully saturated rings. The van der Waals surface area contributed by atoms with Gasteiger partial charge in [0, 0.05) is 44.9 Å². The second kappa shape index (κ2) is 24.5. The van der Waals surface area contributed by atoms with Crippen LogP contribution in [0.5, 0.6) is 0 Å². The lowest BCUT2D eigenvalue weighted by atomic mass is 10.0. The van der Waals surface area contributed by atoms with Gasteiger partial charge in [0.1, 0.15) is 80.7 Å². The van der Waals surface area contributed by atoms with Crippen LogP contribution in [0.25, 0.3) is 99.5 Å². The van der Waals surface area contributed by atoms with Crippen molar-refractivity contribution in [1.29, 1.82) is 31.6 Å². The molecule has 4 aromatic heterocycles. The van der Waals surface area contributed by atoms with Crippen molar-refractivity contribution in [2.24, 2.45) is 0 Å². The number of furan rings is 1. The average Bonchev–Trinajstić information content (AvgIpc) is 1.26. The van der Waals surface area contributed by atoms with Crippen molar-refractivity contribution in [3.8, 4) is 80.9 Å². The number of rotatable bonds is 10. The molecule has 4 heterocycles. The largest absolute Gasteiger partial charge is 0.456 e. The SMILES string of the molecule is N#Cc1nc2c3nc(C#N)c(C#N)nc3c3nc(C#N)c(C#N)nc3c2nc1C#N.c1ccc(-c2ccc(N(c3ccc(-c4ccccc4)cc3)c3ccc4oc5ccc(N(c6ccc(-c7ccccc7)cc6)c6ccc(-c7ccccc7)cc6)cc5c4c3)cc2)cc1. The molecule has 0 saturated heterocycles. The van der Waals surface area contributed by atoms with Gasteiger partial charge in [0.05, 0.1) is 0 Å². The van der Waals surface area contributed by atoms with Crippen LogP contribution in [0, 0.1) is 68.0 Å². The first-order chi connectivity index (χ1) is 45.8. The maximum Gasteiger partial charge on any atom is 0.177 e. The number of hydrogen-bond acceptors (Lipinski definition) is 15. The molecule has 0 unspecified atom stereocenters. The maximum atomic E-state index is 9.29. The monoisotopic (exact) mass is 1190 g/mol. The van der Waals surface area contributed by atoms with E-state index in [2.05, 4.69) is 294 Å². The van der Waals surface area contributed by atoms with Crippen molar-refractivity contribution in [1.82, 2.24) is 29.9 Å². The fraction of sp³-hybridized carbons (Fsp3) is 0. The predicted molar refractivity (Wildman–Crippen MR) is 359 cm³/mol. The van der Waals surface area contributed by atoms with Crippen LogP contribution in [0.4, 0.5) is 34.1 Å². The number of fused-ring (bicyclic) bond motifs is 9. The number of anilines is 6. The van der Waals surface area contributed by atoms with Gasteiger partial charge in [-0.3, -0.25) is 0 Å². The molecule has 0 N–H and O–H groups in total. The predicted octanol–water partition coefficient (Wildman–Crippen LogP) is 17.9. The zero-order valence-electron chi connectivity index (χ0n) is 48.9. The van der Waals surface area contributed by atoms with E-state index < -0.39 is 0 Å². The molecule has 0 bridgehead atoms. The van der Waals surface area contributed by atoms with E-state index in [9.17, 15) is 31.6 Å². The number of hydrogen-bond donors (Lipinski definition) is 0. The molecule has 0 atom stereocenters. The Morgan fingerprint density at radius 1 is 0.226 bits per heavy atom. The molecular weight excluding hydrogens is 1150 g/mol. The summed E-state index contributed by atoms with van der Waals surface area (Å²) in [5.74, 6) is 0. The van der Waals surface area contributed by atoms with Crippen LogP contribution >= 0.6 is 0 Å². The molecule has 15 rings (SSSR count). The molecule has 0 aliphatic heterocycles. The van der Waals surface area contributed by atoms with Gasteiger partial charge in [0.15, 0.2) is 34.2 Å². The molecule has 0 saturated carbocycles. The van der Waals surface area contributed by atoms with Crippen LogP contribution in [0.3, 0.4) is 0 Å². The van der Waals surface area contributed by atoms with Crippen LogP contribution in [0.2, 0.25) is 0 Å². The summed E-state index contributed by atoms with van der Waals surface area (Å²) in [6.45, 7) is 0. The Hall–Kier alpha value is -14.2. The number of nitriles is 6. The Kier molecular flexibility index (Phi) is 14.9. The molecule has 15 nitrogen and oxygen atoms in total. The van der Waals surface area contributed by atoms with E-state index in [1.165, 1.54) is 44.5 Å². The first-order valence-corrected chi connectivity index (χ1v) is 29.2. The van der Waals surface area contributed by atoms with E-state index in [0.29, 0.717) is 0 Å². The fourth-order valence-electron chi connectivity index (χ4n) is 11.4. The zero-order chi connectivity index (χ0) is 63.4. The van der Waals surface area contributed by atoms with Gasteiger partial charge < -0.3 is 14.2 Å². The zero-order valence-corrected chi connectivity index (χ0v) is 48.9. The summed E-state index contributed by atoms with van der Waals surface area (Å²) in [5.41, 5.74) is 15.6. The molecular formula is C78H42N14O. The lowest BCUT2D eigenvalue weighted by molar-refractivity contribution is 0.669. The second-order valence-electron chi connectivity index (χ2n) is 21.3. The number of nitrogens with zero attached hydrogens (tertiary/aromatic N) is 14. The van der Waals surface area contributed by atoms with Gasteiger partial charge in [-0.05, 0) is 129 Å². The summed E-state index contributed by atoms with van der Waals surface area (Å²) in [7, 11) is 0. The lowest BCUT2D eigenvalue weighted by Crippen LogP contribution is -2.10. The summed E-state index contributed by atoms with van der Waals surface area (Å²) in [6, 6.07) is 101. The normalized spacial score (nSPS) is 10.7. The summed E-state index contributed by atoms with van der Waals surface area (Å²) in [5, 5.41) is 57.8. The minimum absolute atomic E-state index is 0.0237. The number of benzene rings is 11. The Labute approximate surface area is 532 Å². The Balaban J connectivity index is 0.000000209. The smallest absolute Gasteiger partial charge is 0.177 e. The minimum atomic E-state index is -0.294. The van der Waals surface area contributed by atoms with Gasteiger partial charge >= 0.3 is 0 Å². The van der Waals surface area contributed by atoms with Crippen molar-refractivity contribution >= 4 is 89.2 Å². The van der Waals surface area contributed by atoms with E-state index in [0.717, 1.165) is 56.1 Å². The van der Waals surface area contributed by atoms with Crippen LogP contribution < -0.4 is 9.80 Å². The number of aromatic nitrogens is 6. The highest BCUT2D eigenvalue weighted by molar-refractivity contribution is 6.18. The topological polar surface area (TPSA) is 240 Å². The molecule has 0 amide bonds. The summed E-state index contributed by atoms with van der Waals surface area (Å²) in [4.78, 5) is 29.4. The Bertz CT molecular complexity index is 4920. The summed E-state index contributed by atoms with van der Waals surface area (Å²) >= 11 is 0. The van der Waals surface area contributed by atoms with Crippen molar-refractivity contribution in [2.75, 3.05) is 9.80 Å².